The molecule has 0 heterocycles. The van der Waals surface area contributed by atoms with Crippen molar-refractivity contribution >= 4 is 11.6 Å². The van der Waals surface area contributed by atoms with Crippen molar-refractivity contribution in [3.05, 3.63) is 47.8 Å². The molecule has 6 heteroatoms. The van der Waals surface area contributed by atoms with Gasteiger partial charge in [-0.05, 0) is 24.3 Å². The average molecular weight is 276 g/mol. The number of methoxy groups -OCH3 is 1. The molecule has 0 atom stereocenters. The first-order valence-electron chi connectivity index (χ1n) is 5.72. The van der Waals surface area contributed by atoms with Crippen LogP contribution in [0.15, 0.2) is 36.4 Å². The molecule has 2 rings (SSSR count). The zero-order valence-electron chi connectivity index (χ0n) is 10.7. The minimum Gasteiger partial charge on any atom is -0.497 e. The van der Waals surface area contributed by atoms with Crippen molar-refractivity contribution in [1.29, 1.82) is 0 Å². The van der Waals surface area contributed by atoms with Crippen molar-refractivity contribution < 1.29 is 18.7 Å². The average Bonchev–Trinajstić information content (AvgIpc) is 2.41. The Labute approximate surface area is 114 Å². The fraction of sp³-hybridized carbons (Fsp3) is 0.0714. The van der Waals surface area contributed by atoms with Crippen molar-refractivity contribution in [1.82, 2.24) is 0 Å². The number of amides is 1. The summed E-state index contributed by atoms with van der Waals surface area (Å²) >= 11 is 0. The highest BCUT2D eigenvalue weighted by atomic mass is 19.1. The molecule has 0 aliphatic rings. The number of halogens is 1. The van der Waals surface area contributed by atoms with Gasteiger partial charge in [0.1, 0.15) is 22.9 Å². The Morgan fingerprint density at radius 1 is 1.20 bits per heavy atom. The highest BCUT2D eigenvalue weighted by Crippen LogP contribution is 2.33. The number of carbonyl (C=O) groups excluding carboxylic acids is 1. The van der Waals surface area contributed by atoms with Crippen LogP contribution < -0.4 is 20.9 Å². The van der Waals surface area contributed by atoms with Gasteiger partial charge < -0.3 is 20.9 Å². The van der Waals surface area contributed by atoms with Crippen LogP contribution in [0.4, 0.5) is 10.1 Å². The topological polar surface area (TPSA) is 87.6 Å². The molecule has 2 aromatic rings. The third-order valence-electron chi connectivity index (χ3n) is 2.66. The van der Waals surface area contributed by atoms with Crippen molar-refractivity contribution in [2.75, 3.05) is 12.8 Å². The van der Waals surface area contributed by atoms with Gasteiger partial charge in [0.2, 0.25) is 0 Å². The zero-order chi connectivity index (χ0) is 14.7. The Morgan fingerprint density at radius 2 is 1.95 bits per heavy atom. The second kappa shape index (κ2) is 5.48. The molecule has 0 radical (unpaired) electrons. The van der Waals surface area contributed by atoms with E-state index in [0.29, 0.717) is 11.4 Å². The standard InChI is InChI=1S/C14H13FN2O3/c1-19-8-5-6-10(16)12(7-8)20-11-4-2-3-9(15)13(11)14(17)18/h2-7H,16H2,1H3,(H2,17,18). The highest BCUT2D eigenvalue weighted by molar-refractivity contribution is 5.96. The van der Waals surface area contributed by atoms with Gasteiger partial charge in [-0.2, -0.15) is 0 Å². The van der Waals surface area contributed by atoms with E-state index in [1.807, 2.05) is 0 Å². The molecule has 0 saturated heterocycles. The maximum Gasteiger partial charge on any atom is 0.255 e. The number of benzene rings is 2. The number of nitrogens with two attached hydrogens (primary N) is 2. The largest absolute Gasteiger partial charge is 0.497 e. The summed E-state index contributed by atoms with van der Waals surface area (Å²) in [5.74, 6) is -0.905. The lowest BCUT2D eigenvalue weighted by Gasteiger charge is -2.12. The summed E-state index contributed by atoms with van der Waals surface area (Å²) in [7, 11) is 1.49. The van der Waals surface area contributed by atoms with Crippen LogP contribution in [0.5, 0.6) is 17.2 Å². The number of nitrogen functional groups attached to an aromatic ring is 1. The van der Waals surface area contributed by atoms with Gasteiger partial charge in [-0.3, -0.25) is 4.79 Å². The van der Waals surface area contributed by atoms with E-state index in [4.69, 9.17) is 20.9 Å². The fourth-order valence-corrected chi connectivity index (χ4v) is 1.68. The maximum absolute atomic E-state index is 13.6. The molecule has 0 saturated carbocycles. The second-order valence-corrected chi connectivity index (χ2v) is 3.98. The summed E-state index contributed by atoms with van der Waals surface area (Å²) in [6.07, 6.45) is 0. The first kappa shape index (κ1) is 13.7. The summed E-state index contributed by atoms with van der Waals surface area (Å²) in [4.78, 5) is 11.3. The highest BCUT2D eigenvalue weighted by Gasteiger charge is 2.16. The van der Waals surface area contributed by atoms with E-state index in [1.165, 1.54) is 25.3 Å². The van der Waals surface area contributed by atoms with E-state index in [0.717, 1.165) is 6.07 Å². The monoisotopic (exact) mass is 276 g/mol. The molecule has 2 aromatic carbocycles. The SMILES string of the molecule is COc1ccc(N)c(Oc2cccc(F)c2C(N)=O)c1. The summed E-state index contributed by atoms with van der Waals surface area (Å²) in [6, 6.07) is 8.74. The molecular weight excluding hydrogens is 263 g/mol. The molecule has 0 aliphatic heterocycles. The summed E-state index contributed by atoms with van der Waals surface area (Å²) in [5.41, 5.74) is 10.9. The first-order valence-corrected chi connectivity index (χ1v) is 5.72. The number of rotatable bonds is 4. The third-order valence-corrected chi connectivity index (χ3v) is 2.66. The zero-order valence-corrected chi connectivity index (χ0v) is 10.7. The molecule has 0 bridgehead atoms. The Bertz CT molecular complexity index is 659. The molecule has 20 heavy (non-hydrogen) atoms. The Morgan fingerprint density at radius 3 is 2.60 bits per heavy atom. The molecule has 0 fully saturated rings. The van der Waals surface area contributed by atoms with Gasteiger partial charge in [-0.15, -0.1) is 0 Å². The van der Waals surface area contributed by atoms with Crippen molar-refractivity contribution in [3.63, 3.8) is 0 Å². The predicted molar refractivity (Wildman–Crippen MR) is 72.4 cm³/mol. The van der Waals surface area contributed by atoms with Crippen LogP contribution in [-0.2, 0) is 0 Å². The quantitative estimate of drug-likeness (QED) is 0.839. The number of carbonyl (C=O) groups is 1. The third kappa shape index (κ3) is 2.64. The molecule has 0 unspecified atom stereocenters. The number of anilines is 1. The maximum atomic E-state index is 13.6. The number of ether oxygens (including phenoxy) is 2. The molecule has 4 N–H and O–H groups in total. The minimum atomic E-state index is -0.917. The molecule has 104 valence electrons. The predicted octanol–water partition coefficient (Wildman–Crippen LogP) is 2.31. The van der Waals surface area contributed by atoms with Gasteiger partial charge in [-0.25, -0.2) is 4.39 Å². The second-order valence-electron chi connectivity index (χ2n) is 3.98. The van der Waals surface area contributed by atoms with Crippen molar-refractivity contribution in [3.8, 4) is 17.2 Å². The van der Waals surface area contributed by atoms with Crippen LogP contribution in [0.3, 0.4) is 0 Å². The van der Waals surface area contributed by atoms with Crippen LogP contribution in [0.1, 0.15) is 10.4 Å². The fourth-order valence-electron chi connectivity index (χ4n) is 1.68. The van der Waals surface area contributed by atoms with Gasteiger partial charge in [-0.1, -0.05) is 6.07 Å². The van der Waals surface area contributed by atoms with Crippen molar-refractivity contribution in [2.24, 2.45) is 5.73 Å². The molecular formula is C14H13FN2O3. The van der Waals surface area contributed by atoms with E-state index in [9.17, 15) is 9.18 Å². The van der Waals surface area contributed by atoms with E-state index in [1.54, 1.807) is 12.1 Å². The minimum absolute atomic E-state index is 0.00236. The Hall–Kier alpha value is -2.76. The summed E-state index contributed by atoms with van der Waals surface area (Å²) in [5, 5.41) is 0. The van der Waals surface area contributed by atoms with Gasteiger partial charge in [0.05, 0.1) is 12.8 Å². The molecule has 0 spiro atoms. The van der Waals surface area contributed by atoms with Gasteiger partial charge in [0.15, 0.2) is 5.75 Å². The number of hydrogen-bond acceptors (Lipinski definition) is 4. The lowest BCUT2D eigenvalue weighted by Crippen LogP contribution is -2.14. The number of primary amides is 1. The summed E-state index contributed by atoms with van der Waals surface area (Å²) in [6.45, 7) is 0. The molecule has 0 aliphatic carbocycles. The van der Waals surface area contributed by atoms with Crippen LogP contribution in [-0.4, -0.2) is 13.0 Å². The molecule has 0 aromatic heterocycles. The van der Waals surface area contributed by atoms with E-state index < -0.39 is 11.7 Å². The van der Waals surface area contributed by atoms with E-state index in [-0.39, 0.29) is 17.1 Å². The van der Waals surface area contributed by atoms with Crippen LogP contribution in [0.25, 0.3) is 0 Å². The van der Waals surface area contributed by atoms with Crippen LogP contribution in [0, 0.1) is 5.82 Å². The van der Waals surface area contributed by atoms with Gasteiger partial charge in [0, 0.05) is 6.07 Å². The normalized spacial score (nSPS) is 10.1. The Balaban J connectivity index is 2.45. The van der Waals surface area contributed by atoms with E-state index in [2.05, 4.69) is 0 Å². The first-order chi connectivity index (χ1) is 9.52. The van der Waals surface area contributed by atoms with E-state index >= 15 is 0 Å². The van der Waals surface area contributed by atoms with Crippen LogP contribution >= 0.6 is 0 Å². The van der Waals surface area contributed by atoms with Gasteiger partial charge >= 0.3 is 0 Å². The molecule has 1 amide bonds. The van der Waals surface area contributed by atoms with Gasteiger partial charge in [0.25, 0.3) is 5.91 Å². The summed E-state index contributed by atoms with van der Waals surface area (Å²) < 4.78 is 24.1. The van der Waals surface area contributed by atoms with Crippen molar-refractivity contribution in [2.45, 2.75) is 0 Å². The molecule has 5 nitrogen and oxygen atoms in total. The lowest BCUT2D eigenvalue weighted by atomic mass is 10.1. The Kier molecular flexibility index (Phi) is 3.74. The number of hydrogen-bond donors (Lipinski definition) is 2. The van der Waals surface area contributed by atoms with Crippen LogP contribution in [0.2, 0.25) is 0 Å². The smallest absolute Gasteiger partial charge is 0.255 e. The lowest BCUT2D eigenvalue weighted by molar-refractivity contribution is 0.0994.